The van der Waals surface area contributed by atoms with Gasteiger partial charge < -0.3 is 10.1 Å². The molecule has 3 aromatic rings. The zero-order valence-corrected chi connectivity index (χ0v) is 12.4. The van der Waals surface area contributed by atoms with Gasteiger partial charge in [0.15, 0.2) is 5.82 Å². The number of aromatic nitrogens is 2. The average molecular weight is 317 g/mol. The fourth-order valence-electron chi connectivity index (χ4n) is 2.34. The molecule has 0 saturated carbocycles. The van der Waals surface area contributed by atoms with Gasteiger partial charge in [-0.3, -0.25) is 4.79 Å². The van der Waals surface area contributed by atoms with Crippen LogP contribution in [0.15, 0.2) is 53.3 Å². The van der Waals surface area contributed by atoms with E-state index in [-0.39, 0.29) is 22.5 Å². The summed E-state index contributed by atoms with van der Waals surface area (Å²) in [5.74, 6) is -1.000. The first-order valence-electron chi connectivity index (χ1n) is 7.03. The maximum atomic E-state index is 12.1. The second-order valence-corrected chi connectivity index (χ2v) is 4.99. The third-order valence-corrected chi connectivity index (χ3v) is 3.48. The number of benzene rings is 2. The third-order valence-electron chi connectivity index (χ3n) is 3.48. The summed E-state index contributed by atoms with van der Waals surface area (Å²) in [5.41, 5.74) is 0.601. The van der Waals surface area contributed by atoms with Gasteiger partial charge in [-0.2, -0.15) is 5.26 Å². The van der Waals surface area contributed by atoms with E-state index in [4.69, 9.17) is 0 Å². The van der Waals surface area contributed by atoms with E-state index in [0.717, 1.165) is 0 Å². The van der Waals surface area contributed by atoms with Gasteiger partial charge >= 0.3 is 5.97 Å². The normalized spacial score (nSPS) is 11.2. The molecule has 2 aromatic carbocycles. The van der Waals surface area contributed by atoms with Crippen molar-refractivity contribution in [2.24, 2.45) is 0 Å². The monoisotopic (exact) mass is 317 g/mol. The molecule has 0 spiro atoms. The van der Waals surface area contributed by atoms with Gasteiger partial charge in [-0.1, -0.05) is 30.3 Å². The van der Waals surface area contributed by atoms with E-state index in [2.05, 4.69) is 9.97 Å². The smallest absolute Gasteiger partial charge is 0.336 e. The van der Waals surface area contributed by atoms with Crippen LogP contribution in [0.3, 0.4) is 0 Å². The third kappa shape index (κ3) is 2.78. The zero-order valence-electron chi connectivity index (χ0n) is 12.4. The SMILES string of the molecule is N#C/C(=C/c1ccccc1C(=O)O)c1nc2ccccc2c(=O)[nH]1. The molecular formula is C18H11N3O3. The van der Waals surface area contributed by atoms with Crippen LogP contribution in [0.1, 0.15) is 21.7 Å². The molecule has 0 aliphatic heterocycles. The highest BCUT2D eigenvalue weighted by Gasteiger charge is 2.11. The molecule has 0 saturated heterocycles. The highest BCUT2D eigenvalue weighted by atomic mass is 16.4. The molecule has 6 nitrogen and oxygen atoms in total. The Morgan fingerprint density at radius 2 is 1.88 bits per heavy atom. The van der Waals surface area contributed by atoms with Crippen molar-refractivity contribution in [1.82, 2.24) is 9.97 Å². The van der Waals surface area contributed by atoms with Gasteiger partial charge in [0.25, 0.3) is 5.56 Å². The highest BCUT2D eigenvalue weighted by molar-refractivity contribution is 5.97. The van der Waals surface area contributed by atoms with Crippen LogP contribution in [0.2, 0.25) is 0 Å². The maximum absolute atomic E-state index is 12.1. The average Bonchev–Trinajstić information content (AvgIpc) is 2.59. The predicted octanol–water partition coefficient (Wildman–Crippen LogP) is 2.69. The Labute approximate surface area is 136 Å². The summed E-state index contributed by atoms with van der Waals surface area (Å²) in [4.78, 5) is 30.2. The van der Waals surface area contributed by atoms with Crippen LogP contribution in [-0.2, 0) is 0 Å². The number of carbonyl (C=O) groups is 1. The number of nitriles is 1. The Hall–Kier alpha value is -3.72. The van der Waals surface area contributed by atoms with Crippen molar-refractivity contribution in [3.8, 4) is 6.07 Å². The lowest BCUT2D eigenvalue weighted by Gasteiger charge is -2.04. The summed E-state index contributed by atoms with van der Waals surface area (Å²) in [6, 6.07) is 15.0. The number of carboxylic acid groups (broad SMARTS) is 1. The van der Waals surface area contributed by atoms with Gasteiger partial charge in [0, 0.05) is 0 Å². The molecule has 6 heteroatoms. The summed E-state index contributed by atoms with van der Waals surface area (Å²) >= 11 is 0. The maximum Gasteiger partial charge on any atom is 0.336 e. The van der Waals surface area contributed by atoms with Crippen LogP contribution in [0.4, 0.5) is 0 Å². The number of nitrogens with one attached hydrogen (secondary N) is 1. The molecule has 1 aromatic heterocycles. The number of aromatic carboxylic acids is 1. The van der Waals surface area contributed by atoms with E-state index in [1.54, 1.807) is 42.5 Å². The van der Waals surface area contributed by atoms with Crippen molar-refractivity contribution in [2.75, 3.05) is 0 Å². The summed E-state index contributed by atoms with van der Waals surface area (Å²) in [7, 11) is 0. The molecule has 0 amide bonds. The first kappa shape index (κ1) is 15.2. The van der Waals surface area contributed by atoms with Crippen LogP contribution in [0.5, 0.6) is 0 Å². The number of carboxylic acids is 1. The van der Waals surface area contributed by atoms with Crippen LogP contribution < -0.4 is 5.56 Å². The standard InChI is InChI=1S/C18H11N3O3/c19-10-12(9-11-5-1-2-6-13(11)18(23)24)16-20-15-8-4-3-7-14(15)17(22)21-16/h1-9H,(H,23,24)(H,20,21,22)/b12-9-. The Morgan fingerprint density at radius 3 is 2.62 bits per heavy atom. The minimum Gasteiger partial charge on any atom is -0.478 e. The first-order chi connectivity index (χ1) is 11.6. The Bertz CT molecular complexity index is 1070. The predicted molar refractivity (Wildman–Crippen MR) is 89.2 cm³/mol. The van der Waals surface area contributed by atoms with Gasteiger partial charge in [0.2, 0.25) is 0 Å². The largest absolute Gasteiger partial charge is 0.478 e. The van der Waals surface area contributed by atoms with Gasteiger partial charge in [0.1, 0.15) is 6.07 Å². The van der Waals surface area contributed by atoms with Crippen LogP contribution in [0.25, 0.3) is 22.6 Å². The molecule has 0 radical (unpaired) electrons. The number of allylic oxidation sites excluding steroid dienone is 1. The molecule has 2 N–H and O–H groups in total. The number of rotatable bonds is 3. The van der Waals surface area contributed by atoms with E-state index in [0.29, 0.717) is 16.5 Å². The molecule has 1 heterocycles. The fraction of sp³-hybridized carbons (Fsp3) is 0. The number of hydrogen-bond acceptors (Lipinski definition) is 4. The topological polar surface area (TPSA) is 107 Å². The van der Waals surface area contributed by atoms with E-state index in [9.17, 15) is 20.0 Å². The molecule has 3 rings (SSSR count). The summed E-state index contributed by atoms with van der Waals surface area (Å²) in [6.07, 6.45) is 1.40. The van der Waals surface area contributed by atoms with Gasteiger partial charge in [-0.15, -0.1) is 0 Å². The van der Waals surface area contributed by atoms with E-state index in [1.807, 2.05) is 6.07 Å². The van der Waals surface area contributed by atoms with Crippen molar-refractivity contribution in [1.29, 1.82) is 5.26 Å². The summed E-state index contributed by atoms with van der Waals surface area (Å²) < 4.78 is 0. The minimum absolute atomic E-state index is 0.0633. The van der Waals surface area contributed by atoms with Crippen molar-refractivity contribution in [2.45, 2.75) is 0 Å². The van der Waals surface area contributed by atoms with Crippen LogP contribution in [-0.4, -0.2) is 21.0 Å². The molecule has 0 atom stereocenters. The number of aromatic amines is 1. The van der Waals surface area contributed by atoms with Gasteiger partial charge in [-0.25, -0.2) is 9.78 Å². The zero-order chi connectivity index (χ0) is 17.1. The second-order valence-electron chi connectivity index (χ2n) is 4.99. The Balaban J connectivity index is 2.19. The van der Waals surface area contributed by atoms with Crippen molar-refractivity contribution < 1.29 is 9.90 Å². The first-order valence-corrected chi connectivity index (χ1v) is 7.03. The Morgan fingerprint density at radius 1 is 1.17 bits per heavy atom. The summed E-state index contributed by atoms with van der Waals surface area (Å²) in [6.45, 7) is 0. The number of para-hydroxylation sites is 1. The molecule has 0 aliphatic rings. The molecule has 116 valence electrons. The Kier molecular flexibility index (Phi) is 3.91. The molecule has 0 unspecified atom stereocenters. The molecule has 0 fully saturated rings. The van der Waals surface area contributed by atoms with E-state index < -0.39 is 5.97 Å². The van der Waals surface area contributed by atoms with Crippen LogP contribution in [0, 0.1) is 11.3 Å². The lowest BCUT2D eigenvalue weighted by molar-refractivity contribution is 0.0696. The quantitative estimate of drug-likeness (QED) is 0.722. The number of hydrogen-bond donors (Lipinski definition) is 2. The number of H-pyrrole nitrogens is 1. The number of fused-ring (bicyclic) bond motifs is 1. The molecule has 24 heavy (non-hydrogen) atoms. The van der Waals surface area contributed by atoms with Crippen molar-refractivity contribution in [3.63, 3.8) is 0 Å². The van der Waals surface area contributed by atoms with Crippen molar-refractivity contribution in [3.05, 3.63) is 75.8 Å². The molecule has 0 aliphatic carbocycles. The lowest BCUT2D eigenvalue weighted by atomic mass is 10.0. The lowest BCUT2D eigenvalue weighted by Crippen LogP contribution is -2.11. The summed E-state index contributed by atoms with van der Waals surface area (Å²) in [5, 5.41) is 19.0. The fourth-order valence-corrected chi connectivity index (χ4v) is 2.34. The molecule has 0 bridgehead atoms. The minimum atomic E-state index is -1.10. The number of nitrogens with zero attached hydrogens (tertiary/aromatic N) is 2. The second kappa shape index (κ2) is 6.18. The van der Waals surface area contributed by atoms with Crippen molar-refractivity contribution >= 4 is 28.5 Å². The van der Waals surface area contributed by atoms with Gasteiger partial charge in [-0.05, 0) is 29.8 Å². The highest BCUT2D eigenvalue weighted by Crippen LogP contribution is 2.18. The van der Waals surface area contributed by atoms with E-state index >= 15 is 0 Å². The van der Waals surface area contributed by atoms with E-state index in [1.165, 1.54) is 12.1 Å². The van der Waals surface area contributed by atoms with Gasteiger partial charge in [0.05, 0.1) is 22.0 Å². The van der Waals surface area contributed by atoms with Crippen LogP contribution >= 0.6 is 0 Å². The molecular weight excluding hydrogens is 306 g/mol.